The van der Waals surface area contributed by atoms with Crippen molar-refractivity contribution >= 4 is 38.8 Å². The van der Waals surface area contributed by atoms with Crippen LogP contribution in [0.1, 0.15) is 11.1 Å². The van der Waals surface area contributed by atoms with Crippen molar-refractivity contribution in [1.29, 1.82) is 0 Å². The molecule has 0 atom stereocenters. The molecule has 190 valence electrons. The molecule has 0 N–H and O–H groups in total. The molecule has 2 heterocycles. The van der Waals surface area contributed by atoms with Gasteiger partial charge in [-0.15, -0.1) is 0 Å². The van der Waals surface area contributed by atoms with Gasteiger partial charge in [-0.05, 0) is 53.1 Å². The minimum atomic E-state index is 0.627. The van der Waals surface area contributed by atoms with Gasteiger partial charge in [0, 0.05) is 27.5 Å². The number of benzene rings is 5. The maximum absolute atomic E-state index is 6.16. The molecule has 0 bridgehead atoms. The van der Waals surface area contributed by atoms with E-state index in [1.54, 1.807) is 6.08 Å². The second-order valence-electron chi connectivity index (χ2n) is 9.80. The Morgan fingerprint density at radius 2 is 1.40 bits per heavy atom. The molecule has 0 fully saturated rings. The average molecular weight is 516 g/mol. The smallest absolute Gasteiger partial charge is 0.164 e. The van der Waals surface area contributed by atoms with Crippen LogP contribution < -0.4 is 0 Å². The number of fused-ring (bicyclic) bond motifs is 4. The van der Waals surface area contributed by atoms with E-state index in [9.17, 15) is 0 Å². The zero-order valence-corrected chi connectivity index (χ0v) is 22.0. The summed E-state index contributed by atoms with van der Waals surface area (Å²) < 4.78 is 6.16. The molecule has 0 saturated heterocycles. The van der Waals surface area contributed by atoms with Crippen LogP contribution in [-0.2, 0) is 0 Å². The normalized spacial score (nSPS) is 11.6. The standard InChI is InChI=1S/C36H25N3O/c1-3-4-11-24-14-10-16-29(23(24)2)36-38-34(25-12-6-5-7-13-25)37-35(39-36)27-19-18-26-21-31-30-15-8-9-17-32(30)40-33(31)22-28(26)20-27/h3-22H,1H2,2H3/b11-4-. The molecule has 5 aromatic carbocycles. The Kier molecular flexibility index (Phi) is 5.79. The summed E-state index contributed by atoms with van der Waals surface area (Å²) in [5, 5.41) is 4.45. The molecule has 7 rings (SSSR count). The summed E-state index contributed by atoms with van der Waals surface area (Å²) in [6.07, 6.45) is 5.77. The van der Waals surface area contributed by atoms with Crippen LogP contribution in [0.4, 0.5) is 0 Å². The van der Waals surface area contributed by atoms with Gasteiger partial charge in [-0.3, -0.25) is 0 Å². The summed E-state index contributed by atoms with van der Waals surface area (Å²) in [4.78, 5) is 14.9. The van der Waals surface area contributed by atoms with Gasteiger partial charge in [0.1, 0.15) is 11.2 Å². The zero-order chi connectivity index (χ0) is 27.1. The van der Waals surface area contributed by atoms with Gasteiger partial charge >= 0.3 is 0 Å². The number of hydrogen-bond donors (Lipinski definition) is 0. The van der Waals surface area contributed by atoms with Crippen LogP contribution >= 0.6 is 0 Å². The van der Waals surface area contributed by atoms with E-state index in [0.29, 0.717) is 17.5 Å². The molecule has 0 saturated carbocycles. The predicted octanol–water partition coefficient (Wildman–Crippen LogP) is 9.43. The lowest BCUT2D eigenvalue weighted by atomic mass is 10.0. The lowest BCUT2D eigenvalue weighted by molar-refractivity contribution is 0.669. The highest BCUT2D eigenvalue weighted by molar-refractivity contribution is 6.10. The first-order valence-corrected chi connectivity index (χ1v) is 13.2. The molecular weight excluding hydrogens is 490 g/mol. The lowest BCUT2D eigenvalue weighted by Gasteiger charge is -2.12. The van der Waals surface area contributed by atoms with Gasteiger partial charge in [0.25, 0.3) is 0 Å². The Labute approximate surface area is 232 Å². The molecule has 0 aliphatic carbocycles. The lowest BCUT2D eigenvalue weighted by Crippen LogP contribution is -2.01. The average Bonchev–Trinajstić information content (AvgIpc) is 3.36. The Morgan fingerprint density at radius 3 is 2.25 bits per heavy atom. The molecule has 40 heavy (non-hydrogen) atoms. The molecule has 0 aliphatic rings. The maximum atomic E-state index is 6.16. The number of furan rings is 1. The second kappa shape index (κ2) is 9.75. The van der Waals surface area contributed by atoms with Crippen LogP contribution in [0.2, 0.25) is 0 Å². The summed E-state index contributed by atoms with van der Waals surface area (Å²) in [6, 6.07) is 35.0. The highest BCUT2D eigenvalue weighted by atomic mass is 16.3. The molecular formula is C36H25N3O. The van der Waals surface area contributed by atoms with Gasteiger partial charge < -0.3 is 4.42 Å². The summed E-state index contributed by atoms with van der Waals surface area (Å²) >= 11 is 0. The summed E-state index contributed by atoms with van der Waals surface area (Å²) in [6.45, 7) is 5.90. The fourth-order valence-electron chi connectivity index (χ4n) is 5.20. The van der Waals surface area contributed by atoms with Crippen LogP contribution in [-0.4, -0.2) is 15.0 Å². The molecule has 7 aromatic rings. The minimum absolute atomic E-state index is 0.627. The first kappa shape index (κ1) is 23.7. The summed E-state index contributed by atoms with van der Waals surface area (Å²) in [5.74, 6) is 1.91. The fraction of sp³-hybridized carbons (Fsp3) is 0.0278. The van der Waals surface area contributed by atoms with Crippen molar-refractivity contribution in [3.8, 4) is 34.2 Å². The molecule has 0 spiro atoms. The number of nitrogens with zero attached hydrogens (tertiary/aromatic N) is 3. The van der Waals surface area contributed by atoms with E-state index in [2.05, 4.69) is 62.0 Å². The Hall–Kier alpha value is -5.35. The third-order valence-electron chi connectivity index (χ3n) is 7.29. The highest BCUT2D eigenvalue weighted by Gasteiger charge is 2.15. The number of allylic oxidation sites excluding steroid dienone is 2. The van der Waals surface area contributed by atoms with Crippen molar-refractivity contribution in [3.05, 3.63) is 133 Å². The summed E-state index contributed by atoms with van der Waals surface area (Å²) in [5.41, 5.74) is 6.79. The topological polar surface area (TPSA) is 51.8 Å². The van der Waals surface area contributed by atoms with Crippen molar-refractivity contribution in [2.24, 2.45) is 0 Å². The highest BCUT2D eigenvalue weighted by Crippen LogP contribution is 2.34. The van der Waals surface area contributed by atoms with Crippen LogP contribution in [0.25, 0.3) is 73.0 Å². The van der Waals surface area contributed by atoms with Crippen molar-refractivity contribution in [2.75, 3.05) is 0 Å². The third kappa shape index (κ3) is 4.16. The van der Waals surface area contributed by atoms with Crippen molar-refractivity contribution in [3.63, 3.8) is 0 Å². The number of rotatable bonds is 5. The van der Waals surface area contributed by atoms with Gasteiger partial charge in [-0.1, -0.05) is 104 Å². The SMILES string of the molecule is C=C/C=C\c1cccc(-c2nc(-c3ccccc3)nc(-c3ccc4cc5c(cc4c3)oc3ccccc35)n2)c1C. The minimum Gasteiger partial charge on any atom is -0.456 e. The Morgan fingerprint density at radius 1 is 0.625 bits per heavy atom. The van der Waals surface area contributed by atoms with E-state index >= 15 is 0 Å². The Balaban J connectivity index is 1.41. The summed E-state index contributed by atoms with van der Waals surface area (Å²) in [7, 11) is 0. The van der Waals surface area contributed by atoms with Gasteiger partial charge in [-0.2, -0.15) is 0 Å². The number of hydrogen-bond acceptors (Lipinski definition) is 4. The molecule has 4 nitrogen and oxygen atoms in total. The van der Waals surface area contributed by atoms with E-state index in [0.717, 1.165) is 60.5 Å². The van der Waals surface area contributed by atoms with E-state index in [1.807, 2.05) is 66.7 Å². The molecule has 0 amide bonds. The van der Waals surface area contributed by atoms with Gasteiger partial charge in [-0.25, -0.2) is 15.0 Å². The second-order valence-corrected chi connectivity index (χ2v) is 9.80. The number of aromatic nitrogens is 3. The van der Waals surface area contributed by atoms with Gasteiger partial charge in [0.2, 0.25) is 0 Å². The van der Waals surface area contributed by atoms with Crippen molar-refractivity contribution in [1.82, 2.24) is 15.0 Å². The van der Waals surface area contributed by atoms with Crippen molar-refractivity contribution < 1.29 is 4.42 Å². The fourth-order valence-corrected chi connectivity index (χ4v) is 5.20. The van der Waals surface area contributed by atoms with E-state index in [-0.39, 0.29) is 0 Å². The van der Waals surface area contributed by atoms with Crippen LogP contribution in [0.5, 0.6) is 0 Å². The first-order chi connectivity index (χ1) is 19.7. The van der Waals surface area contributed by atoms with Crippen molar-refractivity contribution in [2.45, 2.75) is 6.92 Å². The molecule has 0 unspecified atom stereocenters. The number of para-hydroxylation sites is 1. The van der Waals surface area contributed by atoms with Crippen LogP contribution in [0, 0.1) is 6.92 Å². The third-order valence-corrected chi connectivity index (χ3v) is 7.29. The van der Waals surface area contributed by atoms with E-state index in [1.165, 1.54) is 0 Å². The molecule has 4 heteroatoms. The monoisotopic (exact) mass is 515 g/mol. The largest absolute Gasteiger partial charge is 0.456 e. The van der Waals surface area contributed by atoms with Gasteiger partial charge in [0.15, 0.2) is 17.5 Å². The van der Waals surface area contributed by atoms with Crippen LogP contribution in [0.15, 0.2) is 126 Å². The first-order valence-electron chi connectivity index (χ1n) is 13.2. The maximum Gasteiger partial charge on any atom is 0.164 e. The van der Waals surface area contributed by atoms with Crippen LogP contribution in [0.3, 0.4) is 0 Å². The molecule has 0 aliphatic heterocycles. The van der Waals surface area contributed by atoms with Gasteiger partial charge in [0.05, 0.1) is 0 Å². The van der Waals surface area contributed by atoms with E-state index < -0.39 is 0 Å². The van der Waals surface area contributed by atoms with E-state index in [4.69, 9.17) is 19.4 Å². The predicted molar refractivity (Wildman–Crippen MR) is 165 cm³/mol. The quantitative estimate of drug-likeness (QED) is 0.214. The molecule has 0 radical (unpaired) electrons. The Bertz CT molecular complexity index is 2090. The zero-order valence-electron chi connectivity index (χ0n) is 22.0. The molecule has 2 aromatic heterocycles.